The fourth-order valence-corrected chi connectivity index (χ4v) is 6.85. The molecule has 0 aromatic carbocycles. The molecule has 0 saturated heterocycles. The largest absolute Gasteiger partial charge is 0.462 e. The summed E-state index contributed by atoms with van der Waals surface area (Å²) >= 11 is 0. The number of carbonyl (C=O) groups excluding carboxylic acids is 3. The molecule has 6 nitrogen and oxygen atoms in total. The molecule has 0 heterocycles. The molecule has 0 saturated carbocycles. The Morgan fingerprint density at radius 3 is 0.769 bits per heavy atom. The second-order valence-electron chi connectivity index (χ2n) is 15.7. The van der Waals surface area contributed by atoms with Gasteiger partial charge in [-0.3, -0.25) is 14.4 Å². The quantitative estimate of drug-likeness (QED) is 0.0353. The van der Waals surface area contributed by atoms with E-state index in [-0.39, 0.29) is 31.1 Å². The molecule has 0 aliphatic carbocycles. The molecule has 0 aromatic rings. The van der Waals surface area contributed by atoms with Gasteiger partial charge in [-0.25, -0.2) is 0 Å². The molecule has 0 aliphatic rings. The van der Waals surface area contributed by atoms with Crippen molar-refractivity contribution < 1.29 is 28.6 Å². The Balaban J connectivity index is 4.23. The van der Waals surface area contributed by atoms with Crippen molar-refractivity contribution in [1.29, 1.82) is 0 Å². The van der Waals surface area contributed by atoms with E-state index < -0.39 is 6.10 Å². The lowest BCUT2D eigenvalue weighted by molar-refractivity contribution is -0.167. The fraction of sp³-hybridized carbons (Fsp3) is 0.935. The molecule has 0 bridgehead atoms. The van der Waals surface area contributed by atoms with Gasteiger partial charge in [-0.2, -0.15) is 0 Å². The Kier molecular flexibility index (Phi) is 40.9. The van der Waals surface area contributed by atoms with Crippen molar-refractivity contribution in [2.45, 2.75) is 264 Å². The smallest absolute Gasteiger partial charge is 0.306 e. The van der Waals surface area contributed by atoms with Crippen molar-refractivity contribution in [2.24, 2.45) is 0 Å². The SMILES string of the molecule is CCCCCCCCCCCCCCCCCCC(=O)OC[C@@H](COC(=O)CCCCCCCCCCC)OC(=O)CCCCCCCCCCC. The average molecular weight is 737 g/mol. The molecule has 1 atom stereocenters. The molecular formula is C46H88O6. The van der Waals surface area contributed by atoms with Crippen molar-refractivity contribution >= 4 is 17.9 Å². The van der Waals surface area contributed by atoms with Gasteiger partial charge in [0.05, 0.1) is 0 Å². The first kappa shape index (κ1) is 50.4. The second kappa shape index (κ2) is 42.2. The van der Waals surface area contributed by atoms with Crippen molar-refractivity contribution in [3.8, 4) is 0 Å². The van der Waals surface area contributed by atoms with Crippen LogP contribution >= 0.6 is 0 Å². The maximum Gasteiger partial charge on any atom is 0.306 e. The molecule has 6 heteroatoms. The summed E-state index contributed by atoms with van der Waals surface area (Å²) in [5, 5.41) is 0. The van der Waals surface area contributed by atoms with E-state index in [0.717, 1.165) is 57.8 Å². The number of hydrogen-bond donors (Lipinski definition) is 0. The van der Waals surface area contributed by atoms with Crippen LogP contribution in [-0.2, 0) is 28.6 Å². The summed E-state index contributed by atoms with van der Waals surface area (Å²) < 4.78 is 16.7. The second-order valence-corrected chi connectivity index (χ2v) is 15.7. The molecule has 52 heavy (non-hydrogen) atoms. The molecule has 0 N–H and O–H groups in total. The minimum atomic E-state index is -0.757. The van der Waals surface area contributed by atoms with E-state index in [1.54, 1.807) is 0 Å². The number of carbonyl (C=O) groups is 3. The van der Waals surface area contributed by atoms with Crippen LogP contribution in [0.3, 0.4) is 0 Å². The molecule has 0 fully saturated rings. The lowest BCUT2D eigenvalue weighted by Crippen LogP contribution is -2.30. The maximum atomic E-state index is 12.6. The summed E-state index contributed by atoms with van der Waals surface area (Å²) in [5.41, 5.74) is 0. The van der Waals surface area contributed by atoms with Gasteiger partial charge < -0.3 is 14.2 Å². The Hall–Kier alpha value is -1.59. The van der Waals surface area contributed by atoms with Crippen molar-refractivity contribution in [3.05, 3.63) is 0 Å². The van der Waals surface area contributed by atoms with Crippen LogP contribution in [0.1, 0.15) is 258 Å². The molecule has 0 spiro atoms. The molecule has 0 amide bonds. The normalized spacial score (nSPS) is 11.8. The zero-order valence-electron chi connectivity index (χ0n) is 35.1. The van der Waals surface area contributed by atoms with E-state index in [4.69, 9.17) is 14.2 Å². The molecule has 0 unspecified atom stereocenters. The Labute approximate surface area is 323 Å². The first-order chi connectivity index (χ1) is 25.5. The van der Waals surface area contributed by atoms with E-state index in [1.807, 2.05) is 0 Å². The van der Waals surface area contributed by atoms with Gasteiger partial charge in [0, 0.05) is 19.3 Å². The molecule has 0 radical (unpaired) electrons. The van der Waals surface area contributed by atoms with Gasteiger partial charge in [-0.1, -0.05) is 220 Å². The van der Waals surface area contributed by atoms with Crippen molar-refractivity contribution in [3.63, 3.8) is 0 Å². The third-order valence-corrected chi connectivity index (χ3v) is 10.4. The standard InChI is InChI=1S/C46H88O6/c1-4-7-10-13-16-19-20-21-22-23-24-25-28-30-33-36-39-45(48)51-42-43(52-46(49)40-37-34-31-27-18-15-12-9-6-3)41-50-44(47)38-35-32-29-26-17-14-11-8-5-2/h43H,4-42H2,1-3H3/t43-/m1/s1. The van der Waals surface area contributed by atoms with Gasteiger partial charge in [0.15, 0.2) is 6.10 Å². The van der Waals surface area contributed by atoms with E-state index >= 15 is 0 Å². The summed E-state index contributed by atoms with van der Waals surface area (Å²) in [7, 11) is 0. The van der Waals surface area contributed by atoms with Gasteiger partial charge in [-0.05, 0) is 19.3 Å². The van der Waals surface area contributed by atoms with Crippen LogP contribution in [0.4, 0.5) is 0 Å². The van der Waals surface area contributed by atoms with Gasteiger partial charge in [-0.15, -0.1) is 0 Å². The molecular weight excluding hydrogens is 648 g/mol. The Morgan fingerprint density at radius 2 is 0.519 bits per heavy atom. The van der Waals surface area contributed by atoms with Crippen molar-refractivity contribution in [1.82, 2.24) is 0 Å². The number of ether oxygens (including phenoxy) is 3. The van der Waals surface area contributed by atoms with Gasteiger partial charge >= 0.3 is 17.9 Å². The summed E-state index contributed by atoms with van der Waals surface area (Å²) in [4.78, 5) is 37.6. The Bertz CT molecular complexity index is 768. The van der Waals surface area contributed by atoms with E-state index in [2.05, 4.69) is 20.8 Å². The minimum Gasteiger partial charge on any atom is -0.462 e. The topological polar surface area (TPSA) is 78.9 Å². The third kappa shape index (κ3) is 39.6. The first-order valence-electron chi connectivity index (χ1n) is 23.0. The first-order valence-corrected chi connectivity index (χ1v) is 23.0. The molecule has 0 aliphatic heterocycles. The summed E-state index contributed by atoms with van der Waals surface area (Å²) in [5.74, 6) is -0.856. The minimum absolute atomic E-state index is 0.0630. The predicted octanol–water partition coefficient (Wildman–Crippen LogP) is 14.5. The van der Waals surface area contributed by atoms with Crippen molar-refractivity contribution in [2.75, 3.05) is 13.2 Å². The number of rotatable bonds is 42. The number of esters is 3. The van der Waals surface area contributed by atoms with E-state index in [0.29, 0.717) is 19.3 Å². The van der Waals surface area contributed by atoms with Crippen LogP contribution in [0, 0.1) is 0 Å². The number of unbranched alkanes of at least 4 members (excludes halogenated alkanes) is 31. The van der Waals surface area contributed by atoms with Crippen LogP contribution in [0.5, 0.6) is 0 Å². The van der Waals surface area contributed by atoms with Gasteiger partial charge in [0.1, 0.15) is 13.2 Å². The van der Waals surface area contributed by atoms with E-state index in [9.17, 15) is 14.4 Å². The number of hydrogen-bond acceptors (Lipinski definition) is 6. The lowest BCUT2D eigenvalue weighted by Gasteiger charge is -2.18. The monoisotopic (exact) mass is 737 g/mol. The van der Waals surface area contributed by atoms with Crippen LogP contribution in [0.2, 0.25) is 0 Å². The predicted molar refractivity (Wildman–Crippen MR) is 220 cm³/mol. The van der Waals surface area contributed by atoms with Crippen LogP contribution in [0.15, 0.2) is 0 Å². The highest BCUT2D eigenvalue weighted by molar-refractivity contribution is 5.71. The highest BCUT2D eigenvalue weighted by Crippen LogP contribution is 2.16. The summed E-state index contributed by atoms with van der Waals surface area (Å²) in [6.07, 6.45) is 42.3. The zero-order chi connectivity index (χ0) is 38.0. The zero-order valence-corrected chi connectivity index (χ0v) is 35.1. The fourth-order valence-electron chi connectivity index (χ4n) is 6.85. The molecule has 0 rings (SSSR count). The van der Waals surface area contributed by atoms with Gasteiger partial charge in [0.2, 0.25) is 0 Å². The summed E-state index contributed by atoms with van der Waals surface area (Å²) in [6.45, 7) is 6.62. The highest BCUT2D eigenvalue weighted by Gasteiger charge is 2.19. The third-order valence-electron chi connectivity index (χ3n) is 10.4. The van der Waals surface area contributed by atoms with Crippen LogP contribution in [-0.4, -0.2) is 37.2 Å². The maximum absolute atomic E-state index is 12.6. The van der Waals surface area contributed by atoms with Gasteiger partial charge in [0.25, 0.3) is 0 Å². The average Bonchev–Trinajstić information content (AvgIpc) is 3.14. The highest BCUT2D eigenvalue weighted by atomic mass is 16.6. The van der Waals surface area contributed by atoms with Crippen LogP contribution in [0.25, 0.3) is 0 Å². The molecule has 308 valence electrons. The lowest BCUT2D eigenvalue weighted by atomic mass is 10.0. The Morgan fingerprint density at radius 1 is 0.308 bits per heavy atom. The molecule has 0 aromatic heterocycles. The summed E-state index contributed by atoms with van der Waals surface area (Å²) in [6, 6.07) is 0. The van der Waals surface area contributed by atoms with E-state index in [1.165, 1.54) is 161 Å². The van der Waals surface area contributed by atoms with Crippen LogP contribution < -0.4 is 0 Å².